The fourth-order valence-electron chi connectivity index (χ4n) is 4.55. The van der Waals surface area contributed by atoms with E-state index in [1.807, 2.05) is 0 Å². The third-order valence-corrected chi connectivity index (χ3v) is 6.33. The molecular formula is C20H30ClN3O2. The van der Waals surface area contributed by atoms with Gasteiger partial charge in [-0.3, -0.25) is 9.69 Å². The third kappa shape index (κ3) is 4.09. The number of ether oxygens (including phenoxy) is 1. The van der Waals surface area contributed by atoms with Gasteiger partial charge >= 0.3 is 0 Å². The summed E-state index contributed by atoms with van der Waals surface area (Å²) in [6.07, 6.45) is 10.0. The van der Waals surface area contributed by atoms with Crippen molar-refractivity contribution in [2.24, 2.45) is 0 Å². The number of nitrogen functional groups attached to an aromatic ring is 1. The van der Waals surface area contributed by atoms with Crippen molar-refractivity contribution < 1.29 is 9.53 Å². The van der Waals surface area contributed by atoms with Gasteiger partial charge in [0.05, 0.1) is 23.4 Å². The first-order valence-electron chi connectivity index (χ1n) is 9.72. The number of benzene rings is 1. The second-order valence-electron chi connectivity index (χ2n) is 7.56. The largest absolute Gasteiger partial charge is 0.496 e. The third-order valence-electron chi connectivity index (χ3n) is 6.00. The Morgan fingerprint density at radius 3 is 2.58 bits per heavy atom. The molecular weight excluding hydrogens is 350 g/mol. The highest BCUT2D eigenvalue weighted by atomic mass is 35.5. The Balaban J connectivity index is 1.64. The normalized spacial score (nSPS) is 20.1. The number of halogens is 1. The molecule has 1 amide bonds. The van der Waals surface area contributed by atoms with Gasteiger partial charge in [0.1, 0.15) is 5.75 Å². The average Bonchev–Trinajstić information content (AvgIpc) is 3.19. The van der Waals surface area contributed by atoms with Crippen LogP contribution in [-0.2, 0) is 0 Å². The van der Waals surface area contributed by atoms with Crippen LogP contribution in [0.5, 0.6) is 5.75 Å². The molecule has 0 atom stereocenters. The lowest BCUT2D eigenvalue weighted by molar-refractivity contribution is 0.0628. The molecule has 0 bridgehead atoms. The van der Waals surface area contributed by atoms with Crippen LogP contribution >= 0.6 is 11.6 Å². The van der Waals surface area contributed by atoms with Crippen LogP contribution in [0.4, 0.5) is 5.69 Å². The van der Waals surface area contributed by atoms with Crippen molar-refractivity contribution in [1.82, 2.24) is 10.2 Å². The molecule has 1 aromatic rings. The molecule has 2 aliphatic rings. The van der Waals surface area contributed by atoms with Crippen LogP contribution in [0.3, 0.4) is 0 Å². The molecule has 144 valence electrons. The first-order chi connectivity index (χ1) is 12.6. The number of hydrogen-bond donors (Lipinski definition) is 2. The maximum absolute atomic E-state index is 12.7. The number of rotatable bonds is 6. The maximum Gasteiger partial charge on any atom is 0.255 e. The Morgan fingerprint density at radius 2 is 1.92 bits per heavy atom. The Hall–Kier alpha value is -1.46. The number of anilines is 1. The number of nitrogens with two attached hydrogens (primary N) is 1. The number of nitrogens with one attached hydrogen (secondary N) is 1. The molecule has 1 saturated heterocycles. The van der Waals surface area contributed by atoms with Gasteiger partial charge in [-0.25, -0.2) is 0 Å². The van der Waals surface area contributed by atoms with Crippen LogP contribution in [0.25, 0.3) is 0 Å². The maximum atomic E-state index is 12.7. The summed E-state index contributed by atoms with van der Waals surface area (Å²) in [6, 6.07) is 3.19. The molecule has 1 saturated carbocycles. The second kappa shape index (κ2) is 8.49. The van der Waals surface area contributed by atoms with E-state index in [1.165, 1.54) is 65.1 Å². The molecule has 2 fully saturated rings. The molecule has 1 aliphatic carbocycles. The van der Waals surface area contributed by atoms with Crippen molar-refractivity contribution in [3.63, 3.8) is 0 Å². The van der Waals surface area contributed by atoms with E-state index in [9.17, 15) is 4.79 Å². The van der Waals surface area contributed by atoms with Gasteiger partial charge in [-0.15, -0.1) is 0 Å². The zero-order chi connectivity index (χ0) is 18.6. The summed E-state index contributed by atoms with van der Waals surface area (Å²) in [5, 5.41) is 3.44. The topological polar surface area (TPSA) is 67.6 Å². The van der Waals surface area contributed by atoms with Gasteiger partial charge in [0.15, 0.2) is 0 Å². The summed E-state index contributed by atoms with van der Waals surface area (Å²) in [5.74, 6) is 0.299. The molecule has 0 aromatic heterocycles. The van der Waals surface area contributed by atoms with Crippen LogP contribution in [0.2, 0.25) is 5.02 Å². The van der Waals surface area contributed by atoms with Gasteiger partial charge in [-0.2, -0.15) is 0 Å². The highest BCUT2D eigenvalue weighted by Gasteiger charge is 2.38. The molecule has 3 rings (SSSR count). The Bertz CT molecular complexity index is 638. The van der Waals surface area contributed by atoms with E-state index < -0.39 is 0 Å². The van der Waals surface area contributed by atoms with Crippen molar-refractivity contribution in [1.29, 1.82) is 0 Å². The van der Waals surface area contributed by atoms with Gasteiger partial charge in [0, 0.05) is 18.2 Å². The summed E-state index contributed by atoms with van der Waals surface area (Å²) in [5.41, 5.74) is 6.92. The first-order valence-corrected chi connectivity index (χ1v) is 10.1. The molecule has 6 heteroatoms. The van der Waals surface area contributed by atoms with Crippen LogP contribution in [0.1, 0.15) is 61.7 Å². The molecule has 1 aromatic carbocycles. The summed E-state index contributed by atoms with van der Waals surface area (Å²) in [6.45, 7) is 3.07. The van der Waals surface area contributed by atoms with E-state index in [-0.39, 0.29) is 11.4 Å². The quantitative estimate of drug-likeness (QED) is 0.736. The van der Waals surface area contributed by atoms with Crippen molar-refractivity contribution >= 4 is 23.2 Å². The molecule has 26 heavy (non-hydrogen) atoms. The molecule has 1 aliphatic heterocycles. The minimum atomic E-state index is -0.156. The number of hydrogen-bond acceptors (Lipinski definition) is 4. The number of methoxy groups -OCH3 is 1. The summed E-state index contributed by atoms with van der Waals surface area (Å²) < 4.78 is 5.29. The van der Waals surface area contributed by atoms with Gasteiger partial charge in [0.2, 0.25) is 0 Å². The van der Waals surface area contributed by atoms with Crippen LogP contribution < -0.4 is 15.8 Å². The van der Waals surface area contributed by atoms with Gasteiger partial charge in [0.25, 0.3) is 5.91 Å². The van der Waals surface area contributed by atoms with Crippen molar-refractivity contribution in [3.05, 3.63) is 22.7 Å². The highest BCUT2D eigenvalue weighted by molar-refractivity contribution is 6.33. The highest BCUT2D eigenvalue weighted by Crippen LogP contribution is 2.38. The average molecular weight is 380 g/mol. The van der Waals surface area contributed by atoms with E-state index in [1.54, 1.807) is 12.1 Å². The lowest BCUT2D eigenvalue weighted by atomic mass is 9.78. The first kappa shape index (κ1) is 19.3. The monoisotopic (exact) mass is 379 g/mol. The predicted molar refractivity (Wildman–Crippen MR) is 106 cm³/mol. The number of amides is 1. The van der Waals surface area contributed by atoms with Crippen LogP contribution in [0.15, 0.2) is 12.1 Å². The second-order valence-corrected chi connectivity index (χ2v) is 7.97. The fraction of sp³-hybridized carbons (Fsp3) is 0.650. The molecule has 0 spiro atoms. The SMILES string of the molecule is COc1cc(N)c(Cl)cc1C(=O)NCCC1(N2CCCC2)CCCCC1. The molecule has 3 N–H and O–H groups in total. The van der Waals surface area contributed by atoms with Crippen molar-refractivity contribution in [2.75, 3.05) is 32.5 Å². The smallest absolute Gasteiger partial charge is 0.255 e. The fourth-order valence-corrected chi connectivity index (χ4v) is 4.71. The molecule has 0 unspecified atom stereocenters. The van der Waals surface area contributed by atoms with Crippen LogP contribution in [-0.4, -0.2) is 43.1 Å². The predicted octanol–water partition coefficient (Wildman–Crippen LogP) is 3.85. The summed E-state index contributed by atoms with van der Waals surface area (Å²) in [7, 11) is 1.53. The van der Waals surface area contributed by atoms with Gasteiger partial charge < -0.3 is 15.8 Å². The van der Waals surface area contributed by atoms with E-state index in [2.05, 4.69) is 10.2 Å². The summed E-state index contributed by atoms with van der Waals surface area (Å²) >= 11 is 6.08. The Labute approximate surface area is 161 Å². The molecule has 0 radical (unpaired) electrons. The molecule has 1 heterocycles. The lowest BCUT2D eigenvalue weighted by Crippen LogP contribution is -2.50. The van der Waals surface area contributed by atoms with Gasteiger partial charge in [-0.1, -0.05) is 30.9 Å². The minimum Gasteiger partial charge on any atom is -0.496 e. The number of carbonyl (C=O) groups excluding carboxylic acids is 1. The van der Waals surface area contributed by atoms with Crippen LogP contribution in [0, 0.1) is 0 Å². The van der Waals surface area contributed by atoms with Crippen molar-refractivity contribution in [3.8, 4) is 5.75 Å². The zero-order valence-electron chi connectivity index (χ0n) is 15.7. The number of likely N-dealkylation sites (tertiary alicyclic amines) is 1. The van der Waals surface area contributed by atoms with E-state index in [0.29, 0.717) is 28.6 Å². The number of carbonyl (C=O) groups is 1. The van der Waals surface area contributed by atoms with E-state index >= 15 is 0 Å². The van der Waals surface area contributed by atoms with Crippen molar-refractivity contribution in [2.45, 2.75) is 56.9 Å². The minimum absolute atomic E-state index is 0.156. The summed E-state index contributed by atoms with van der Waals surface area (Å²) in [4.78, 5) is 15.3. The molecule has 5 nitrogen and oxygen atoms in total. The lowest BCUT2D eigenvalue weighted by Gasteiger charge is -2.45. The Kier molecular flexibility index (Phi) is 6.30. The standard InChI is InChI=1S/C20H30ClN3O2/c1-26-18-14-17(22)16(21)13-15(18)19(25)23-10-9-20(7-3-2-4-8-20)24-11-5-6-12-24/h13-14H,2-12,22H2,1H3,(H,23,25). The zero-order valence-corrected chi connectivity index (χ0v) is 16.4. The van der Waals surface area contributed by atoms with E-state index in [4.69, 9.17) is 22.1 Å². The van der Waals surface area contributed by atoms with E-state index in [0.717, 1.165) is 6.42 Å². The Morgan fingerprint density at radius 1 is 1.23 bits per heavy atom. The number of nitrogens with zero attached hydrogens (tertiary/aromatic N) is 1. The van der Waals surface area contributed by atoms with Gasteiger partial charge in [-0.05, 0) is 51.3 Å².